The van der Waals surface area contributed by atoms with Gasteiger partial charge in [0.1, 0.15) is 5.75 Å². The second kappa shape index (κ2) is 11.0. The molecule has 2 aliphatic rings. The monoisotopic (exact) mass is 429 g/mol. The molecule has 1 saturated carbocycles. The van der Waals surface area contributed by atoms with Crippen LogP contribution in [0.25, 0.3) is 0 Å². The van der Waals surface area contributed by atoms with Crippen LogP contribution in [-0.4, -0.2) is 48.4 Å². The topological polar surface area (TPSA) is 109 Å². The summed E-state index contributed by atoms with van der Waals surface area (Å²) in [5.41, 5.74) is 7.79. The zero-order valence-electron chi connectivity index (χ0n) is 18.7. The highest BCUT2D eigenvalue weighted by molar-refractivity contribution is 5.88. The molecule has 1 fully saturated rings. The quantitative estimate of drug-likeness (QED) is 0.559. The summed E-state index contributed by atoms with van der Waals surface area (Å²) in [6.07, 6.45) is 8.09. The van der Waals surface area contributed by atoms with Crippen LogP contribution < -0.4 is 21.1 Å². The lowest BCUT2D eigenvalue weighted by atomic mass is 9.95. The number of hydrogen-bond acceptors (Lipinski definition) is 6. The van der Waals surface area contributed by atoms with Crippen LogP contribution in [0, 0.1) is 0 Å². The van der Waals surface area contributed by atoms with Gasteiger partial charge in [-0.1, -0.05) is 25.3 Å². The number of carbonyl (C=O) groups is 2. The standard InChI is InChI=1S/C23H35N5O3/c1-16(7-6-10-21(29)26-18-8-4-3-5-9-18)31-19-12-11-17-14-28(15-22(30)25-2)23(24)27-20(17)13-19/h11-13,16,18H,3-10,14-15H2,1-2H3,(H2,24,27)(H,25,30)(H,26,29). The van der Waals surface area contributed by atoms with Gasteiger partial charge in [-0.2, -0.15) is 0 Å². The van der Waals surface area contributed by atoms with Gasteiger partial charge in [0.2, 0.25) is 11.8 Å². The molecule has 1 aliphatic carbocycles. The molecule has 0 radical (unpaired) electrons. The molecule has 1 heterocycles. The molecule has 0 bridgehead atoms. The minimum Gasteiger partial charge on any atom is -0.491 e. The van der Waals surface area contributed by atoms with Crippen molar-refractivity contribution in [2.24, 2.45) is 10.7 Å². The van der Waals surface area contributed by atoms with Crippen molar-refractivity contribution in [3.05, 3.63) is 23.8 Å². The Morgan fingerprint density at radius 3 is 2.77 bits per heavy atom. The van der Waals surface area contributed by atoms with Crippen LogP contribution in [0.5, 0.6) is 5.75 Å². The number of carbonyl (C=O) groups excluding carboxylic acids is 2. The molecule has 0 saturated heterocycles. The van der Waals surface area contributed by atoms with Gasteiger partial charge in [0.15, 0.2) is 5.96 Å². The third kappa shape index (κ3) is 6.87. The fraction of sp³-hybridized carbons (Fsp3) is 0.609. The van der Waals surface area contributed by atoms with Crippen LogP contribution in [0.15, 0.2) is 23.2 Å². The van der Waals surface area contributed by atoms with Crippen LogP contribution in [0.2, 0.25) is 0 Å². The van der Waals surface area contributed by atoms with Crippen molar-refractivity contribution in [2.45, 2.75) is 77.0 Å². The van der Waals surface area contributed by atoms with Gasteiger partial charge in [0.05, 0.1) is 18.3 Å². The van der Waals surface area contributed by atoms with E-state index in [-0.39, 0.29) is 24.5 Å². The number of guanidine groups is 1. The SMILES string of the molecule is CNC(=O)CN1Cc2ccc(OC(C)CCCC(=O)NC3CCCCC3)cc2N=C1N. The summed E-state index contributed by atoms with van der Waals surface area (Å²) in [5.74, 6) is 1.10. The molecule has 31 heavy (non-hydrogen) atoms. The molecule has 170 valence electrons. The Balaban J connectivity index is 1.44. The Morgan fingerprint density at radius 1 is 1.26 bits per heavy atom. The van der Waals surface area contributed by atoms with Gasteiger partial charge in [-0.15, -0.1) is 0 Å². The molecule has 0 spiro atoms. The summed E-state index contributed by atoms with van der Waals surface area (Å²) in [6, 6.07) is 6.12. The number of nitrogens with two attached hydrogens (primary N) is 1. The molecule has 2 amide bonds. The lowest BCUT2D eigenvalue weighted by Gasteiger charge is -2.27. The van der Waals surface area contributed by atoms with Crippen molar-refractivity contribution in [3.63, 3.8) is 0 Å². The summed E-state index contributed by atoms with van der Waals surface area (Å²) >= 11 is 0. The lowest BCUT2D eigenvalue weighted by molar-refractivity contribution is -0.122. The fourth-order valence-electron chi connectivity index (χ4n) is 4.11. The van der Waals surface area contributed by atoms with Crippen molar-refractivity contribution in [1.82, 2.24) is 15.5 Å². The Morgan fingerprint density at radius 2 is 2.03 bits per heavy atom. The Labute approximate surface area is 184 Å². The predicted octanol–water partition coefficient (Wildman–Crippen LogP) is 2.58. The highest BCUT2D eigenvalue weighted by Gasteiger charge is 2.20. The number of amides is 2. The van der Waals surface area contributed by atoms with E-state index in [4.69, 9.17) is 10.5 Å². The second-order valence-electron chi connectivity index (χ2n) is 8.51. The smallest absolute Gasteiger partial charge is 0.239 e. The van der Waals surface area contributed by atoms with E-state index >= 15 is 0 Å². The van der Waals surface area contributed by atoms with Gasteiger partial charge in [-0.05, 0) is 44.2 Å². The summed E-state index contributed by atoms with van der Waals surface area (Å²) < 4.78 is 6.04. The highest BCUT2D eigenvalue weighted by atomic mass is 16.5. The maximum absolute atomic E-state index is 12.1. The number of nitrogens with zero attached hydrogens (tertiary/aromatic N) is 2. The minimum atomic E-state index is -0.109. The molecule has 1 atom stereocenters. The van der Waals surface area contributed by atoms with E-state index in [1.807, 2.05) is 25.1 Å². The average Bonchev–Trinajstić information content (AvgIpc) is 2.75. The molecular weight excluding hydrogens is 394 g/mol. The van der Waals surface area contributed by atoms with Crippen molar-refractivity contribution >= 4 is 23.5 Å². The van der Waals surface area contributed by atoms with Crippen molar-refractivity contribution < 1.29 is 14.3 Å². The minimum absolute atomic E-state index is 0.00445. The lowest BCUT2D eigenvalue weighted by Crippen LogP contribution is -2.44. The van der Waals surface area contributed by atoms with Crippen molar-refractivity contribution in [2.75, 3.05) is 13.6 Å². The number of rotatable bonds is 9. The first-order chi connectivity index (χ1) is 14.9. The third-order valence-electron chi connectivity index (χ3n) is 5.91. The van der Waals surface area contributed by atoms with E-state index in [1.165, 1.54) is 19.3 Å². The molecule has 1 aromatic carbocycles. The number of hydrogen-bond donors (Lipinski definition) is 3. The largest absolute Gasteiger partial charge is 0.491 e. The maximum Gasteiger partial charge on any atom is 0.239 e. The third-order valence-corrected chi connectivity index (χ3v) is 5.91. The number of fused-ring (bicyclic) bond motifs is 1. The number of benzene rings is 1. The first-order valence-corrected chi connectivity index (χ1v) is 11.3. The Kier molecular flexibility index (Phi) is 8.14. The maximum atomic E-state index is 12.1. The van der Waals surface area contributed by atoms with Crippen LogP contribution in [0.1, 0.15) is 63.9 Å². The van der Waals surface area contributed by atoms with E-state index in [0.717, 1.165) is 42.7 Å². The van der Waals surface area contributed by atoms with Gasteiger partial charge >= 0.3 is 0 Å². The van der Waals surface area contributed by atoms with Crippen molar-refractivity contribution in [3.8, 4) is 5.75 Å². The number of nitrogens with one attached hydrogen (secondary N) is 2. The predicted molar refractivity (Wildman–Crippen MR) is 121 cm³/mol. The van der Waals surface area contributed by atoms with E-state index < -0.39 is 0 Å². The summed E-state index contributed by atoms with van der Waals surface area (Å²) in [5, 5.41) is 5.76. The zero-order valence-corrected chi connectivity index (χ0v) is 18.7. The number of ether oxygens (including phenoxy) is 1. The molecule has 4 N–H and O–H groups in total. The van der Waals surface area contributed by atoms with Gasteiger partial charge in [-0.25, -0.2) is 4.99 Å². The summed E-state index contributed by atoms with van der Waals surface area (Å²) in [4.78, 5) is 29.9. The van der Waals surface area contributed by atoms with E-state index in [0.29, 0.717) is 25.0 Å². The van der Waals surface area contributed by atoms with Crippen LogP contribution in [0.4, 0.5) is 5.69 Å². The van der Waals surface area contributed by atoms with E-state index in [9.17, 15) is 9.59 Å². The van der Waals surface area contributed by atoms with Gasteiger partial charge in [-0.3, -0.25) is 9.59 Å². The zero-order chi connectivity index (χ0) is 22.2. The Bertz CT molecular complexity index is 804. The molecular formula is C23H35N5O3. The molecule has 8 nitrogen and oxygen atoms in total. The van der Waals surface area contributed by atoms with Crippen LogP contribution in [-0.2, 0) is 16.1 Å². The molecule has 1 aromatic rings. The number of aliphatic imine (C=N–C) groups is 1. The fourth-order valence-corrected chi connectivity index (χ4v) is 4.11. The average molecular weight is 430 g/mol. The van der Waals surface area contributed by atoms with Crippen LogP contribution in [0.3, 0.4) is 0 Å². The first kappa shape index (κ1) is 22.9. The molecule has 0 aromatic heterocycles. The first-order valence-electron chi connectivity index (χ1n) is 11.3. The summed E-state index contributed by atoms with van der Waals surface area (Å²) in [6.45, 7) is 2.72. The number of likely N-dealkylation sites (N-methyl/N-ethyl adjacent to an activating group) is 1. The Hall–Kier alpha value is -2.77. The van der Waals surface area contributed by atoms with Gasteiger partial charge in [0, 0.05) is 32.1 Å². The normalized spacial score (nSPS) is 17.4. The molecule has 1 aliphatic heterocycles. The van der Waals surface area contributed by atoms with E-state index in [1.54, 1.807) is 11.9 Å². The van der Waals surface area contributed by atoms with Gasteiger partial charge in [0.25, 0.3) is 0 Å². The van der Waals surface area contributed by atoms with E-state index in [2.05, 4.69) is 15.6 Å². The summed E-state index contributed by atoms with van der Waals surface area (Å²) in [7, 11) is 1.60. The molecule has 3 rings (SSSR count). The van der Waals surface area contributed by atoms with Gasteiger partial charge < -0.3 is 26.0 Å². The van der Waals surface area contributed by atoms with Crippen LogP contribution >= 0.6 is 0 Å². The second-order valence-corrected chi connectivity index (χ2v) is 8.51. The van der Waals surface area contributed by atoms with Crippen molar-refractivity contribution in [1.29, 1.82) is 0 Å². The molecule has 1 unspecified atom stereocenters. The molecule has 8 heteroatoms. The highest BCUT2D eigenvalue weighted by Crippen LogP contribution is 2.30.